The summed E-state index contributed by atoms with van der Waals surface area (Å²) in [5, 5.41) is 45.8. The van der Waals surface area contributed by atoms with E-state index >= 15 is 0 Å². The van der Waals surface area contributed by atoms with Crippen molar-refractivity contribution < 1.29 is 34.7 Å². The van der Waals surface area contributed by atoms with Crippen LogP contribution >= 0.6 is 11.6 Å². The minimum Gasteiger partial charge on any atom is -0.399 e. The summed E-state index contributed by atoms with van der Waals surface area (Å²) in [6.07, 6.45) is -1.14. The van der Waals surface area contributed by atoms with Crippen molar-refractivity contribution in [2.45, 2.75) is 48.5 Å². The Balaban J connectivity index is 1.37. The molecular formula is C25H28ClNO7. The number of hydrogen-bond donors (Lipinski definition) is 4. The van der Waals surface area contributed by atoms with Gasteiger partial charge >= 0.3 is 0 Å². The Morgan fingerprint density at radius 2 is 1.91 bits per heavy atom. The molecule has 2 bridgehead atoms. The van der Waals surface area contributed by atoms with Crippen molar-refractivity contribution in [1.82, 2.24) is 0 Å². The molecular weight excluding hydrogens is 462 g/mol. The number of aliphatic hydroxyl groups excluding tert-OH is 4. The Bertz CT molecular complexity index is 1080. The van der Waals surface area contributed by atoms with Crippen LogP contribution in [0.2, 0.25) is 5.02 Å². The lowest BCUT2D eigenvalue weighted by Gasteiger charge is -2.46. The molecule has 5 rings (SSSR count). The molecule has 2 saturated heterocycles. The SMILES string of the molecule is CON=CC1CC1c1ccc(Cc2cc(C34OCC(CO)(O3)C(O)C(O)C4O)ccc2Cl)cc1. The van der Waals surface area contributed by atoms with Crippen LogP contribution < -0.4 is 0 Å². The van der Waals surface area contributed by atoms with Crippen LogP contribution in [-0.4, -0.2) is 70.9 Å². The molecule has 3 fully saturated rings. The molecule has 2 aromatic rings. The first-order valence-electron chi connectivity index (χ1n) is 11.3. The fourth-order valence-electron chi connectivity index (χ4n) is 5.01. The molecule has 1 aliphatic carbocycles. The Morgan fingerprint density at radius 3 is 2.62 bits per heavy atom. The van der Waals surface area contributed by atoms with Crippen LogP contribution in [0.25, 0.3) is 0 Å². The Hall–Kier alpha value is -2.04. The molecule has 0 aromatic heterocycles. The van der Waals surface area contributed by atoms with Crippen LogP contribution in [0.4, 0.5) is 0 Å². The maximum Gasteiger partial charge on any atom is 0.225 e. The second-order valence-corrected chi connectivity index (χ2v) is 9.74. The zero-order valence-electron chi connectivity index (χ0n) is 18.7. The van der Waals surface area contributed by atoms with E-state index < -0.39 is 36.3 Å². The van der Waals surface area contributed by atoms with Crippen molar-refractivity contribution in [3.8, 4) is 0 Å². The summed E-state index contributed by atoms with van der Waals surface area (Å²) in [7, 11) is 1.54. The smallest absolute Gasteiger partial charge is 0.225 e. The first-order chi connectivity index (χ1) is 16.3. The van der Waals surface area contributed by atoms with Gasteiger partial charge in [0.05, 0.1) is 13.2 Å². The molecule has 4 N–H and O–H groups in total. The van der Waals surface area contributed by atoms with Gasteiger partial charge in [-0.1, -0.05) is 47.1 Å². The van der Waals surface area contributed by atoms with Gasteiger partial charge in [-0.3, -0.25) is 0 Å². The van der Waals surface area contributed by atoms with Crippen LogP contribution in [-0.2, 0) is 26.5 Å². The van der Waals surface area contributed by atoms with E-state index in [1.807, 2.05) is 6.21 Å². The van der Waals surface area contributed by atoms with E-state index in [1.54, 1.807) is 18.2 Å². The van der Waals surface area contributed by atoms with Gasteiger partial charge in [0.1, 0.15) is 31.0 Å². The molecule has 0 radical (unpaired) electrons. The summed E-state index contributed by atoms with van der Waals surface area (Å²) in [5.41, 5.74) is 2.04. The summed E-state index contributed by atoms with van der Waals surface area (Å²) in [4.78, 5) is 4.76. The molecule has 1 saturated carbocycles. The van der Waals surface area contributed by atoms with Crippen molar-refractivity contribution in [3.63, 3.8) is 0 Å². The Kier molecular flexibility index (Phi) is 6.18. The lowest BCUT2D eigenvalue weighted by molar-refractivity contribution is -0.329. The van der Waals surface area contributed by atoms with Crippen LogP contribution in [0.5, 0.6) is 0 Å². The monoisotopic (exact) mass is 489 g/mol. The number of hydrogen-bond acceptors (Lipinski definition) is 8. The second-order valence-electron chi connectivity index (χ2n) is 9.33. The van der Waals surface area contributed by atoms with Gasteiger partial charge in [0.25, 0.3) is 0 Å². The predicted molar refractivity (Wildman–Crippen MR) is 124 cm³/mol. The summed E-state index contributed by atoms with van der Waals surface area (Å²) in [5.74, 6) is -0.851. The fourth-order valence-corrected chi connectivity index (χ4v) is 5.19. The van der Waals surface area contributed by atoms with Gasteiger partial charge in [-0.15, -0.1) is 0 Å². The van der Waals surface area contributed by atoms with Crippen molar-refractivity contribution in [1.29, 1.82) is 0 Å². The standard InChI is InChI=1S/C25H28ClNO7/c1-32-27-11-17-10-19(17)15-4-2-14(3-5-15)8-16-9-18(6-7-20(16)26)25-23(31)21(29)22(30)24(12-28,34-25)13-33-25/h2-7,9,11,17,19,21-23,28-31H,8,10,12-13H2,1H3. The molecule has 2 aliphatic heterocycles. The van der Waals surface area contributed by atoms with E-state index in [1.165, 1.54) is 12.7 Å². The maximum absolute atomic E-state index is 10.8. The van der Waals surface area contributed by atoms with Crippen molar-refractivity contribution in [3.05, 3.63) is 69.7 Å². The largest absolute Gasteiger partial charge is 0.399 e. The van der Waals surface area contributed by atoms with Gasteiger partial charge in [0.2, 0.25) is 5.79 Å². The van der Waals surface area contributed by atoms with Crippen LogP contribution in [0.15, 0.2) is 47.6 Å². The summed E-state index contributed by atoms with van der Waals surface area (Å²) < 4.78 is 11.8. The number of rotatable bonds is 7. The molecule has 34 heavy (non-hydrogen) atoms. The molecule has 2 heterocycles. The molecule has 7 unspecified atom stereocenters. The topological polar surface area (TPSA) is 121 Å². The van der Waals surface area contributed by atoms with Crippen molar-refractivity contribution in [2.75, 3.05) is 20.3 Å². The Labute approximate surface area is 202 Å². The Morgan fingerprint density at radius 1 is 1.15 bits per heavy atom. The number of nitrogens with zero attached hydrogens (tertiary/aromatic N) is 1. The predicted octanol–water partition coefficient (Wildman–Crippen LogP) is 1.69. The first kappa shape index (κ1) is 23.7. The minimum atomic E-state index is -1.71. The second kappa shape index (κ2) is 8.87. The van der Waals surface area contributed by atoms with Gasteiger partial charge in [0.15, 0.2) is 0 Å². The normalized spacial score (nSPS) is 36.7. The van der Waals surface area contributed by atoms with Gasteiger partial charge in [-0.2, -0.15) is 0 Å². The van der Waals surface area contributed by atoms with E-state index in [4.69, 9.17) is 25.9 Å². The van der Waals surface area contributed by atoms with Crippen LogP contribution in [0, 0.1) is 5.92 Å². The van der Waals surface area contributed by atoms with Gasteiger partial charge < -0.3 is 34.7 Å². The third-order valence-corrected chi connectivity index (χ3v) is 7.55. The quantitative estimate of drug-likeness (QED) is 0.345. The average Bonchev–Trinajstić information content (AvgIpc) is 3.53. The van der Waals surface area contributed by atoms with Gasteiger partial charge in [-0.05, 0) is 47.6 Å². The number of aliphatic hydroxyl groups is 4. The first-order valence-corrected chi connectivity index (χ1v) is 11.6. The zero-order chi connectivity index (χ0) is 24.1. The van der Waals surface area contributed by atoms with E-state index in [0.29, 0.717) is 28.8 Å². The molecule has 8 nitrogen and oxygen atoms in total. The number of halogens is 1. The van der Waals surface area contributed by atoms with E-state index in [9.17, 15) is 20.4 Å². The van der Waals surface area contributed by atoms with Crippen molar-refractivity contribution >= 4 is 17.8 Å². The molecule has 7 atom stereocenters. The highest BCUT2D eigenvalue weighted by Crippen LogP contribution is 2.50. The lowest BCUT2D eigenvalue weighted by Crippen LogP contribution is -2.65. The minimum absolute atomic E-state index is 0.171. The maximum atomic E-state index is 10.8. The van der Waals surface area contributed by atoms with E-state index in [-0.39, 0.29) is 6.61 Å². The molecule has 9 heteroatoms. The summed E-state index contributed by atoms with van der Waals surface area (Å²) in [6.45, 7) is -0.735. The molecule has 0 amide bonds. The third kappa shape index (κ3) is 3.83. The molecule has 0 spiro atoms. The average molecular weight is 490 g/mol. The van der Waals surface area contributed by atoms with Gasteiger partial charge in [-0.25, -0.2) is 0 Å². The number of benzene rings is 2. The number of fused-ring (bicyclic) bond motifs is 2. The van der Waals surface area contributed by atoms with E-state index in [2.05, 4.69) is 29.4 Å². The summed E-state index contributed by atoms with van der Waals surface area (Å²) >= 11 is 6.49. The lowest BCUT2D eigenvalue weighted by atomic mass is 9.83. The fraction of sp³-hybridized carbons (Fsp3) is 0.480. The van der Waals surface area contributed by atoms with Gasteiger partial charge in [0, 0.05) is 22.7 Å². The number of ether oxygens (including phenoxy) is 2. The third-order valence-electron chi connectivity index (χ3n) is 7.18. The molecule has 3 aliphatic rings. The molecule has 182 valence electrons. The molecule has 2 aromatic carbocycles. The van der Waals surface area contributed by atoms with Crippen molar-refractivity contribution in [2.24, 2.45) is 11.1 Å². The highest BCUT2D eigenvalue weighted by atomic mass is 35.5. The van der Waals surface area contributed by atoms with E-state index in [0.717, 1.165) is 17.5 Å². The van der Waals surface area contributed by atoms with Crippen LogP contribution in [0.1, 0.15) is 34.6 Å². The number of oxime groups is 1. The summed E-state index contributed by atoms with van der Waals surface area (Å²) in [6, 6.07) is 13.5. The highest BCUT2D eigenvalue weighted by Gasteiger charge is 2.67. The zero-order valence-corrected chi connectivity index (χ0v) is 19.4. The highest BCUT2D eigenvalue weighted by molar-refractivity contribution is 6.31. The van der Waals surface area contributed by atoms with Crippen LogP contribution in [0.3, 0.4) is 0 Å².